The summed E-state index contributed by atoms with van der Waals surface area (Å²) in [6.07, 6.45) is 2.30. The predicted octanol–water partition coefficient (Wildman–Crippen LogP) is 2.68. The minimum absolute atomic E-state index is 0.0686. The number of aryl methyl sites for hydroxylation is 2. The van der Waals surface area contributed by atoms with Crippen molar-refractivity contribution in [2.24, 2.45) is 0 Å². The Morgan fingerprint density at radius 3 is 2.77 bits per heavy atom. The van der Waals surface area contributed by atoms with Crippen LogP contribution in [0.2, 0.25) is 0 Å². The van der Waals surface area contributed by atoms with Crippen molar-refractivity contribution in [2.75, 3.05) is 0 Å². The summed E-state index contributed by atoms with van der Waals surface area (Å²) in [6, 6.07) is 2.45. The number of amides is 1. The second-order valence-electron chi connectivity index (χ2n) is 5.04. The topological polar surface area (TPSA) is 64.7 Å². The zero-order chi connectivity index (χ0) is 16.3. The van der Waals surface area contributed by atoms with Crippen molar-refractivity contribution in [2.45, 2.75) is 46.3 Å². The third-order valence-corrected chi connectivity index (χ3v) is 3.37. The van der Waals surface area contributed by atoms with E-state index in [0.717, 1.165) is 6.42 Å². The van der Waals surface area contributed by atoms with Crippen molar-refractivity contribution in [1.82, 2.24) is 24.6 Å². The first kappa shape index (κ1) is 16.1. The molecule has 6 nitrogen and oxygen atoms in total. The summed E-state index contributed by atoms with van der Waals surface area (Å²) in [7, 11) is 0. The lowest BCUT2D eigenvalue weighted by Gasteiger charge is -2.16. The molecule has 0 bridgehead atoms. The Labute approximate surface area is 127 Å². The lowest BCUT2D eigenvalue weighted by Crippen LogP contribution is -2.30. The Bertz CT molecular complexity index is 649. The van der Waals surface area contributed by atoms with Gasteiger partial charge < -0.3 is 5.32 Å². The Kier molecular flexibility index (Phi) is 4.89. The largest absolute Gasteiger partial charge is 0.341 e. The zero-order valence-corrected chi connectivity index (χ0v) is 12.8. The third-order valence-electron chi connectivity index (χ3n) is 3.37. The normalized spacial score (nSPS) is 12.6. The van der Waals surface area contributed by atoms with Crippen molar-refractivity contribution in [3.05, 3.63) is 35.7 Å². The first-order valence-corrected chi connectivity index (χ1v) is 7.10. The van der Waals surface area contributed by atoms with E-state index in [2.05, 4.69) is 15.4 Å². The van der Waals surface area contributed by atoms with Crippen LogP contribution in [0.25, 0.3) is 0 Å². The fourth-order valence-corrected chi connectivity index (χ4v) is 2.32. The van der Waals surface area contributed by atoms with Gasteiger partial charge in [0.1, 0.15) is 17.8 Å². The van der Waals surface area contributed by atoms with Gasteiger partial charge in [-0.3, -0.25) is 9.36 Å². The molecule has 0 saturated heterocycles. The Hall–Kier alpha value is -2.25. The van der Waals surface area contributed by atoms with Crippen molar-refractivity contribution in [3.8, 4) is 0 Å². The zero-order valence-electron chi connectivity index (χ0n) is 12.8. The highest BCUT2D eigenvalue weighted by atomic mass is 19.3. The molecule has 22 heavy (non-hydrogen) atoms. The van der Waals surface area contributed by atoms with Crippen LogP contribution in [0.4, 0.5) is 8.78 Å². The molecule has 2 rings (SSSR count). The number of carbonyl (C=O) groups is 1. The Morgan fingerprint density at radius 2 is 2.14 bits per heavy atom. The third kappa shape index (κ3) is 3.15. The summed E-state index contributed by atoms with van der Waals surface area (Å²) in [6.45, 7) is 3.21. The fraction of sp³-hybridized carbons (Fsp3) is 0.500. The van der Waals surface area contributed by atoms with E-state index in [1.807, 2.05) is 6.92 Å². The Balaban J connectivity index is 2.16. The van der Waals surface area contributed by atoms with Gasteiger partial charge in [-0.2, -0.15) is 13.9 Å². The van der Waals surface area contributed by atoms with Crippen LogP contribution in [0, 0.1) is 6.92 Å². The second-order valence-corrected chi connectivity index (χ2v) is 5.04. The molecule has 1 amide bonds. The maximum Gasteiger partial charge on any atom is 0.319 e. The lowest BCUT2D eigenvalue weighted by molar-refractivity contribution is 0.0614. The van der Waals surface area contributed by atoms with Crippen LogP contribution in [-0.2, 0) is 6.54 Å². The molecule has 2 aromatic heterocycles. The Morgan fingerprint density at radius 1 is 1.41 bits per heavy atom. The van der Waals surface area contributed by atoms with Gasteiger partial charge in [0.05, 0.1) is 6.04 Å². The van der Waals surface area contributed by atoms with E-state index in [1.165, 1.54) is 25.4 Å². The second kappa shape index (κ2) is 6.67. The van der Waals surface area contributed by atoms with Gasteiger partial charge in [-0.25, -0.2) is 9.67 Å². The minimum Gasteiger partial charge on any atom is -0.341 e. The van der Waals surface area contributed by atoms with Gasteiger partial charge in [0.25, 0.3) is 5.91 Å². The first-order valence-electron chi connectivity index (χ1n) is 7.10. The van der Waals surface area contributed by atoms with Crippen molar-refractivity contribution in [1.29, 1.82) is 0 Å². The average Bonchev–Trinajstić information content (AvgIpc) is 3.05. The molecule has 0 spiro atoms. The highest BCUT2D eigenvalue weighted by molar-refractivity contribution is 5.93. The van der Waals surface area contributed by atoms with Crippen molar-refractivity contribution < 1.29 is 13.6 Å². The number of aromatic nitrogens is 4. The van der Waals surface area contributed by atoms with Crippen molar-refractivity contribution in [3.63, 3.8) is 0 Å². The van der Waals surface area contributed by atoms with E-state index in [4.69, 9.17) is 0 Å². The minimum atomic E-state index is -2.75. The highest BCUT2D eigenvalue weighted by Crippen LogP contribution is 2.19. The molecule has 1 atom stereocenters. The maximum absolute atomic E-state index is 13.0. The van der Waals surface area contributed by atoms with Crippen LogP contribution in [0.1, 0.15) is 54.9 Å². The molecule has 0 radical (unpaired) electrons. The molecule has 0 aliphatic carbocycles. The molecule has 0 aliphatic heterocycles. The smallest absolute Gasteiger partial charge is 0.319 e. The van der Waals surface area contributed by atoms with E-state index in [9.17, 15) is 13.6 Å². The van der Waals surface area contributed by atoms with Gasteiger partial charge >= 0.3 is 6.55 Å². The molecule has 8 heteroatoms. The van der Waals surface area contributed by atoms with Gasteiger partial charge in [-0.05, 0) is 32.4 Å². The number of halogens is 2. The molecule has 2 heterocycles. The molecule has 1 N–H and O–H groups in total. The number of carbonyl (C=O) groups excluding carboxylic acids is 1. The highest BCUT2D eigenvalue weighted by Gasteiger charge is 2.22. The van der Waals surface area contributed by atoms with Gasteiger partial charge in [0.2, 0.25) is 0 Å². The summed E-state index contributed by atoms with van der Waals surface area (Å²) in [5.41, 5.74) is 0.267. The number of nitrogens with one attached hydrogen (secondary N) is 1. The lowest BCUT2D eigenvalue weighted by atomic mass is 10.3. The monoisotopic (exact) mass is 311 g/mol. The van der Waals surface area contributed by atoms with Crippen LogP contribution < -0.4 is 5.32 Å². The summed E-state index contributed by atoms with van der Waals surface area (Å²) in [5.74, 6) is 0.0361. The maximum atomic E-state index is 13.0. The van der Waals surface area contributed by atoms with Crippen LogP contribution >= 0.6 is 0 Å². The summed E-state index contributed by atoms with van der Waals surface area (Å²) < 4.78 is 28.4. The molecule has 0 fully saturated rings. The number of rotatable bonds is 6. The molecule has 2 aromatic rings. The molecule has 0 aromatic carbocycles. The van der Waals surface area contributed by atoms with Gasteiger partial charge in [-0.15, -0.1) is 0 Å². The molecular weight excluding hydrogens is 292 g/mol. The van der Waals surface area contributed by atoms with E-state index >= 15 is 0 Å². The van der Waals surface area contributed by atoms with Crippen molar-refractivity contribution >= 4 is 5.91 Å². The van der Waals surface area contributed by atoms with Crippen LogP contribution in [0.15, 0.2) is 18.5 Å². The number of hydrogen-bond acceptors (Lipinski definition) is 3. The summed E-state index contributed by atoms with van der Waals surface area (Å²) in [5, 5.41) is 6.78. The molecule has 120 valence electrons. The van der Waals surface area contributed by atoms with Gasteiger partial charge in [0, 0.05) is 12.2 Å². The van der Waals surface area contributed by atoms with Gasteiger partial charge in [-0.1, -0.05) is 6.92 Å². The molecular formula is C14H19F2N5O. The van der Waals surface area contributed by atoms with E-state index < -0.39 is 18.5 Å². The quantitative estimate of drug-likeness (QED) is 0.892. The van der Waals surface area contributed by atoms with Crippen LogP contribution in [-0.4, -0.2) is 25.2 Å². The van der Waals surface area contributed by atoms with Crippen LogP contribution in [0.5, 0.6) is 0 Å². The predicted molar refractivity (Wildman–Crippen MR) is 76.6 cm³/mol. The van der Waals surface area contributed by atoms with Gasteiger partial charge in [0.15, 0.2) is 0 Å². The summed E-state index contributed by atoms with van der Waals surface area (Å²) >= 11 is 0. The molecule has 0 aliphatic rings. The van der Waals surface area contributed by atoms with Crippen LogP contribution in [0.3, 0.4) is 0 Å². The van der Waals surface area contributed by atoms with E-state index in [1.54, 1.807) is 11.6 Å². The molecule has 0 saturated carbocycles. The standard InChI is InChI=1S/C14H19F2N5O/c1-4-7-20-12(17-8-18-20)10(3)19-13(22)11-6-5-9(2)21(11)14(15)16/h5-6,8,10,14H,4,7H2,1-3H3,(H,19,22)/t10-/m0/s1. The number of hydrogen-bond donors (Lipinski definition) is 1. The number of nitrogens with zero attached hydrogens (tertiary/aromatic N) is 4. The van der Waals surface area contributed by atoms with E-state index in [0.29, 0.717) is 22.6 Å². The average molecular weight is 311 g/mol. The first-order chi connectivity index (χ1) is 10.5. The summed E-state index contributed by atoms with van der Waals surface area (Å²) in [4.78, 5) is 16.4. The molecule has 0 unspecified atom stereocenters. The number of alkyl halides is 2. The fourth-order valence-electron chi connectivity index (χ4n) is 2.32. The van der Waals surface area contributed by atoms with E-state index in [-0.39, 0.29) is 5.69 Å². The SMILES string of the molecule is CCCn1ncnc1[C@H](C)NC(=O)c1ccc(C)n1C(F)F.